The molecule has 0 radical (unpaired) electrons. The molecule has 1 aromatic rings. The smallest absolute Gasteiger partial charge is 0.345 e. The molecule has 1 heterocycles. The van der Waals surface area contributed by atoms with Crippen LogP contribution in [0.5, 0.6) is 0 Å². The molecule has 1 aliphatic rings. The Kier molecular flexibility index (Phi) is 3.78. The number of amides is 1. The second-order valence-electron chi connectivity index (χ2n) is 4.29. The molecule has 2 rings (SSSR count). The predicted octanol–water partition coefficient (Wildman–Crippen LogP) is 2.97. The Labute approximate surface area is 104 Å². The Morgan fingerprint density at radius 2 is 1.94 bits per heavy atom. The number of carboxylic acid groups (broad SMARTS) is 1. The molecule has 0 atom stereocenters. The van der Waals surface area contributed by atoms with Crippen LogP contribution in [0.2, 0.25) is 0 Å². The van der Waals surface area contributed by atoms with Gasteiger partial charge >= 0.3 is 5.97 Å². The van der Waals surface area contributed by atoms with E-state index in [0.717, 1.165) is 37.0 Å². The van der Waals surface area contributed by atoms with E-state index in [-0.39, 0.29) is 16.7 Å². The van der Waals surface area contributed by atoms with E-state index in [0.29, 0.717) is 5.00 Å². The monoisotopic (exact) mass is 253 g/mol. The van der Waals surface area contributed by atoms with Gasteiger partial charge in [0.2, 0.25) is 5.91 Å². The standard InChI is InChI=1S/C12H15NO3S/c14-11(8-4-2-1-3-5-8)13-10-7-6-9(17-10)12(15)16/h6-8H,1-5H2,(H,13,14)(H,15,16). The number of aromatic carboxylic acids is 1. The second-order valence-corrected chi connectivity index (χ2v) is 5.38. The first-order chi connectivity index (χ1) is 8.16. The minimum Gasteiger partial charge on any atom is -0.477 e. The molecule has 4 nitrogen and oxygen atoms in total. The van der Waals surface area contributed by atoms with Crippen molar-refractivity contribution in [2.75, 3.05) is 5.32 Å². The number of hydrogen-bond donors (Lipinski definition) is 2. The van der Waals surface area contributed by atoms with Gasteiger partial charge in [-0.05, 0) is 25.0 Å². The highest BCUT2D eigenvalue weighted by Crippen LogP contribution is 2.27. The highest BCUT2D eigenvalue weighted by atomic mass is 32.1. The minimum atomic E-state index is -0.951. The largest absolute Gasteiger partial charge is 0.477 e. The van der Waals surface area contributed by atoms with Gasteiger partial charge in [0.05, 0.1) is 5.00 Å². The Balaban J connectivity index is 1.94. The van der Waals surface area contributed by atoms with Crippen molar-refractivity contribution in [2.24, 2.45) is 5.92 Å². The maximum Gasteiger partial charge on any atom is 0.345 e. The summed E-state index contributed by atoms with van der Waals surface area (Å²) in [6.45, 7) is 0. The van der Waals surface area contributed by atoms with Crippen LogP contribution in [0.15, 0.2) is 12.1 Å². The number of thiophene rings is 1. The van der Waals surface area contributed by atoms with Crippen LogP contribution in [-0.4, -0.2) is 17.0 Å². The zero-order chi connectivity index (χ0) is 12.3. The van der Waals surface area contributed by atoms with Crippen molar-refractivity contribution in [2.45, 2.75) is 32.1 Å². The number of carboxylic acids is 1. The molecule has 17 heavy (non-hydrogen) atoms. The number of anilines is 1. The molecule has 1 aliphatic carbocycles. The van der Waals surface area contributed by atoms with Crippen molar-refractivity contribution < 1.29 is 14.7 Å². The van der Waals surface area contributed by atoms with Crippen LogP contribution < -0.4 is 5.32 Å². The van der Waals surface area contributed by atoms with Gasteiger partial charge in [0, 0.05) is 5.92 Å². The second kappa shape index (κ2) is 5.31. The van der Waals surface area contributed by atoms with Gasteiger partial charge in [0.1, 0.15) is 4.88 Å². The van der Waals surface area contributed by atoms with Gasteiger partial charge in [-0.2, -0.15) is 0 Å². The summed E-state index contributed by atoms with van der Waals surface area (Å²) >= 11 is 1.10. The van der Waals surface area contributed by atoms with Crippen LogP contribution in [0.4, 0.5) is 5.00 Å². The van der Waals surface area contributed by atoms with Crippen molar-refractivity contribution in [1.29, 1.82) is 0 Å². The summed E-state index contributed by atoms with van der Waals surface area (Å²) in [4.78, 5) is 22.8. The average Bonchev–Trinajstić information content (AvgIpc) is 2.79. The van der Waals surface area contributed by atoms with Crippen molar-refractivity contribution in [3.63, 3.8) is 0 Å². The molecule has 1 aromatic heterocycles. The van der Waals surface area contributed by atoms with Crippen LogP contribution in [0.25, 0.3) is 0 Å². The third-order valence-electron chi connectivity index (χ3n) is 3.04. The van der Waals surface area contributed by atoms with Gasteiger partial charge in [-0.25, -0.2) is 4.79 Å². The van der Waals surface area contributed by atoms with E-state index in [1.807, 2.05) is 0 Å². The molecule has 5 heteroatoms. The maximum atomic E-state index is 11.9. The normalized spacial score (nSPS) is 16.7. The summed E-state index contributed by atoms with van der Waals surface area (Å²) in [5.41, 5.74) is 0. The van der Waals surface area contributed by atoms with Crippen LogP contribution in [0, 0.1) is 5.92 Å². The van der Waals surface area contributed by atoms with E-state index < -0.39 is 5.97 Å². The SMILES string of the molecule is O=C(O)c1ccc(NC(=O)C2CCCCC2)s1. The first-order valence-corrected chi connectivity index (χ1v) is 6.62. The molecule has 0 spiro atoms. The first kappa shape index (κ1) is 12.1. The van der Waals surface area contributed by atoms with Crippen LogP contribution in [-0.2, 0) is 4.79 Å². The summed E-state index contributed by atoms with van der Waals surface area (Å²) in [7, 11) is 0. The topological polar surface area (TPSA) is 66.4 Å². The van der Waals surface area contributed by atoms with E-state index >= 15 is 0 Å². The number of carbonyl (C=O) groups excluding carboxylic acids is 1. The molecule has 0 bridgehead atoms. The number of nitrogens with one attached hydrogen (secondary N) is 1. The number of rotatable bonds is 3. The van der Waals surface area contributed by atoms with Crippen LogP contribution >= 0.6 is 11.3 Å². The lowest BCUT2D eigenvalue weighted by atomic mass is 9.89. The average molecular weight is 253 g/mol. The number of carbonyl (C=O) groups is 2. The highest BCUT2D eigenvalue weighted by molar-refractivity contribution is 7.18. The third kappa shape index (κ3) is 3.06. The lowest BCUT2D eigenvalue weighted by molar-refractivity contribution is -0.120. The lowest BCUT2D eigenvalue weighted by Gasteiger charge is -2.20. The van der Waals surface area contributed by atoms with Crippen molar-refractivity contribution in [3.8, 4) is 0 Å². The Morgan fingerprint density at radius 3 is 2.53 bits per heavy atom. The summed E-state index contributed by atoms with van der Waals surface area (Å²) in [6, 6.07) is 3.17. The van der Waals surface area contributed by atoms with Crippen LogP contribution in [0.3, 0.4) is 0 Å². The molecule has 2 N–H and O–H groups in total. The molecule has 0 saturated heterocycles. The maximum absolute atomic E-state index is 11.9. The Morgan fingerprint density at radius 1 is 1.24 bits per heavy atom. The zero-order valence-corrected chi connectivity index (χ0v) is 10.3. The molecule has 1 saturated carbocycles. The van der Waals surface area contributed by atoms with Gasteiger partial charge in [-0.3, -0.25) is 4.79 Å². The van der Waals surface area contributed by atoms with Crippen molar-refractivity contribution >= 4 is 28.2 Å². The van der Waals surface area contributed by atoms with Gasteiger partial charge in [0.25, 0.3) is 0 Å². The van der Waals surface area contributed by atoms with E-state index in [1.54, 1.807) is 6.07 Å². The van der Waals surface area contributed by atoms with Gasteiger partial charge < -0.3 is 10.4 Å². The summed E-state index contributed by atoms with van der Waals surface area (Å²) < 4.78 is 0. The van der Waals surface area contributed by atoms with Crippen LogP contribution in [0.1, 0.15) is 41.8 Å². The van der Waals surface area contributed by atoms with Gasteiger partial charge in [-0.15, -0.1) is 11.3 Å². The molecule has 0 aromatic carbocycles. The predicted molar refractivity (Wildman–Crippen MR) is 66.5 cm³/mol. The summed E-state index contributed by atoms with van der Waals surface area (Å²) in [5.74, 6) is -0.823. The summed E-state index contributed by atoms with van der Waals surface area (Å²) in [6.07, 6.45) is 5.34. The van der Waals surface area contributed by atoms with Crippen molar-refractivity contribution in [1.82, 2.24) is 0 Å². The fourth-order valence-corrected chi connectivity index (χ4v) is 2.86. The van der Waals surface area contributed by atoms with E-state index in [1.165, 1.54) is 12.5 Å². The van der Waals surface area contributed by atoms with Crippen molar-refractivity contribution in [3.05, 3.63) is 17.0 Å². The molecular formula is C12H15NO3S. The fourth-order valence-electron chi connectivity index (χ4n) is 2.11. The Bertz CT molecular complexity index is 421. The first-order valence-electron chi connectivity index (χ1n) is 5.81. The quantitative estimate of drug-likeness (QED) is 0.870. The molecule has 0 unspecified atom stereocenters. The van der Waals surface area contributed by atoms with E-state index in [9.17, 15) is 9.59 Å². The fraction of sp³-hybridized carbons (Fsp3) is 0.500. The molecule has 1 amide bonds. The summed E-state index contributed by atoms with van der Waals surface area (Å²) in [5, 5.41) is 12.2. The molecular weight excluding hydrogens is 238 g/mol. The lowest BCUT2D eigenvalue weighted by Crippen LogP contribution is -2.24. The molecule has 0 aliphatic heterocycles. The minimum absolute atomic E-state index is 0.0310. The zero-order valence-electron chi connectivity index (χ0n) is 9.44. The molecule has 1 fully saturated rings. The molecule has 92 valence electrons. The van der Waals surface area contributed by atoms with Gasteiger partial charge in [0.15, 0.2) is 0 Å². The van der Waals surface area contributed by atoms with Gasteiger partial charge in [-0.1, -0.05) is 19.3 Å². The highest BCUT2D eigenvalue weighted by Gasteiger charge is 2.21. The van der Waals surface area contributed by atoms with E-state index in [4.69, 9.17) is 5.11 Å². The van der Waals surface area contributed by atoms with E-state index in [2.05, 4.69) is 5.32 Å². The third-order valence-corrected chi connectivity index (χ3v) is 4.03. The Hall–Kier alpha value is -1.36. The number of hydrogen-bond acceptors (Lipinski definition) is 3.